The number of halogens is 1. The Morgan fingerprint density at radius 3 is 2.52 bits per heavy atom. The second-order valence-electron chi connectivity index (χ2n) is 6.26. The predicted molar refractivity (Wildman–Crippen MR) is 132 cm³/mol. The van der Waals surface area contributed by atoms with Crippen LogP contribution >= 0.6 is 35.3 Å². The van der Waals surface area contributed by atoms with Crippen molar-refractivity contribution >= 4 is 41.3 Å². The molecule has 1 aromatic carbocycles. The molecule has 0 spiro atoms. The molecule has 0 saturated heterocycles. The van der Waals surface area contributed by atoms with Gasteiger partial charge in [-0.15, -0.1) is 35.3 Å². The van der Waals surface area contributed by atoms with Crippen LogP contribution in [0, 0.1) is 0 Å². The van der Waals surface area contributed by atoms with E-state index in [1.54, 1.807) is 18.4 Å². The van der Waals surface area contributed by atoms with E-state index in [9.17, 15) is 0 Å². The van der Waals surface area contributed by atoms with E-state index >= 15 is 0 Å². The summed E-state index contributed by atoms with van der Waals surface area (Å²) >= 11 is 1.78. The number of nitrogens with zero attached hydrogens (tertiary/aromatic N) is 2. The Morgan fingerprint density at radius 1 is 1.17 bits per heavy atom. The van der Waals surface area contributed by atoms with Crippen LogP contribution in [-0.2, 0) is 12.8 Å². The van der Waals surface area contributed by atoms with Gasteiger partial charge in [-0.25, -0.2) is 4.98 Å². The molecular weight excluding hydrogens is 499 g/mol. The predicted octanol–water partition coefficient (Wildman–Crippen LogP) is 4.59. The van der Waals surface area contributed by atoms with Crippen LogP contribution in [-0.4, -0.2) is 37.7 Å². The maximum Gasteiger partial charge on any atom is 0.191 e. The number of ether oxygens (including phenoxy) is 2. The fraction of sp³-hybridized carbons (Fsp3) is 0.524. The highest BCUT2D eigenvalue weighted by molar-refractivity contribution is 14.0. The molecule has 0 aliphatic heterocycles. The summed E-state index contributed by atoms with van der Waals surface area (Å²) in [5.41, 5.74) is 1.11. The van der Waals surface area contributed by atoms with Gasteiger partial charge < -0.3 is 20.1 Å². The van der Waals surface area contributed by atoms with Crippen molar-refractivity contribution in [2.45, 2.75) is 46.6 Å². The number of rotatable bonds is 10. The van der Waals surface area contributed by atoms with Crippen LogP contribution in [0.15, 0.2) is 29.4 Å². The molecule has 8 heteroatoms. The van der Waals surface area contributed by atoms with Gasteiger partial charge in [0.05, 0.1) is 24.3 Å². The van der Waals surface area contributed by atoms with Gasteiger partial charge in [-0.05, 0) is 44.9 Å². The second kappa shape index (κ2) is 13.6. The average molecular weight is 532 g/mol. The van der Waals surface area contributed by atoms with Crippen molar-refractivity contribution < 1.29 is 9.47 Å². The maximum atomic E-state index is 5.73. The molecule has 6 nitrogen and oxygen atoms in total. The first-order valence-electron chi connectivity index (χ1n) is 9.91. The largest absolute Gasteiger partial charge is 0.490 e. The molecule has 0 aliphatic rings. The molecule has 0 saturated carbocycles. The van der Waals surface area contributed by atoms with Crippen molar-refractivity contribution in [3.8, 4) is 11.5 Å². The Hall–Kier alpha value is -1.55. The van der Waals surface area contributed by atoms with E-state index in [0.29, 0.717) is 13.2 Å². The molecule has 0 amide bonds. The molecule has 162 valence electrons. The highest BCUT2D eigenvalue weighted by Crippen LogP contribution is 2.30. The van der Waals surface area contributed by atoms with Crippen molar-refractivity contribution in [2.24, 2.45) is 4.99 Å². The molecule has 0 fully saturated rings. The molecule has 1 heterocycles. The van der Waals surface area contributed by atoms with Crippen LogP contribution in [0.4, 0.5) is 0 Å². The summed E-state index contributed by atoms with van der Waals surface area (Å²) < 4.78 is 11.4. The minimum Gasteiger partial charge on any atom is -0.490 e. The third kappa shape index (κ3) is 8.00. The van der Waals surface area contributed by atoms with Crippen molar-refractivity contribution in [3.05, 3.63) is 39.8 Å². The number of nitrogens with one attached hydrogen (secondary N) is 2. The van der Waals surface area contributed by atoms with Gasteiger partial charge in [0, 0.05) is 31.1 Å². The lowest BCUT2D eigenvalue weighted by molar-refractivity contribution is 0.287. The molecule has 1 aromatic heterocycles. The van der Waals surface area contributed by atoms with Gasteiger partial charge in [0.25, 0.3) is 0 Å². The van der Waals surface area contributed by atoms with Crippen molar-refractivity contribution in [1.82, 2.24) is 15.6 Å². The van der Waals surface area contributed by atoms with E-state index in [0.717, 1.165) is 47.4 Å². The first-order chi connectivity index (χ1) is 13.6. The van der Waals surface area contributed by atoms with E-state index in [1.807, 2.05) is 32.2 Å². The zero-order valence-corrected chi connectivity index (χ0v) is 21.1. The smallest absolute Gasteiger partial charge is 0.191 e. The summed E-state index contributed by atoms with van der Waals surface area (Å²) in [6.07, 6.45) is 3.89. The second-order valence-corrected chi connectivity index (χ2v) is 7.46. The lowest BCUT2D eigenvalue weighted by Crippen LogP contribution is -2.39. The lowest BCUT2D eigenvalue weighted by Gasteiger charge is -2.20. The molecule has 2 N–H and O–H groups in total. The van der Waals surface area contributed by atoms with Crippen LogP contribution in [0.3, 0.4) is 0 Å². The van der Waals surface area contributed by atoms with E-state index < -0.39 is 0 Å². The molecule has 1 atom stereocenters. The summed E-state index contributed by atoms with van der Waals surface area (Å²) in [4.78, 5) is 10.1. The highest BCUT2D eigenvalue weighted by Gasteiger charge is 2.12. The van der Waals surface area contributed by atoms with Gasteiger partial charge in [-0.2, -0.15) is 0 Å². The van der Waals surface area contributed by atoms with E-state index in [2.05, 4.69) is 40.5 Å². The minimum absolute atomic E-state index is 0. The minimum atomic E-state index is 0. The average Bonchev–Trinajstić information content (AvgIpc) is 3.16. The first-order valence-corrected chi connectivity index (χ1v) is 10.7. The lowest BCUT2D eigenvalue weighted by atomic mass is 10.1. The van der Waals surface area contributed by atoms with Crippen LogP contribution in [0.1, 0.15) is 49.2 Å². The topological polar surface area (TPSA) is 67.8 Å². The number of aryl methyl sites for hydroxylation is 1. The van der Waals surface area contributed by atoms with Crippen molar-refractivity contribution in [1.29, 1.82) is 0 Å². The Kier molecular flexibility index (Phi) is 12.0. The van der Waals surface area contributed by atoms with Gasteiger partial charge in [0.1, 0.15) is 0 Å². The van der Waals surface area contributed by atoms with Gasteiger partial charge in [-0.1, -0.05) is 13.0 Å². The number of aliphatic imine (C=N–C) groups is 1. The first kappa shape index (κ1) is 25.5. The van der Waals surface area contributed by atoms with Crippen LogP contribution in [0.25, 0.3) is 0 Å². The summed E-state index contributed by atoms with van der Waals surface area (Å²) in [5.74, 6) is 2.32. The fourth-order valence-corrected chi connectivity index (χ4v) is 3.60. The molecule has 29 heavy (non-hydrogen) atoms. The van der Waals surface area contributed by atoms with Gasteiger partial charge >= 0.3 is 0 Å². The standard InChI is InChI=1S/C21H32N4O2S.HI/c1-6-17-14-24-20(28-17)11-12-23-21(22-5)25-15(4)16-9-10-18(26-7-2)19(13-16)27-8-3;/h9-10,13-15H,6-8,11-12H2,1-5H3,(H2,22,23,25);1H. The quantitative estimate of drug-likeness (QED) is 0.266. The van der Waals surface area contributed by atoms with Gasteiger partial charge in [0.2, 0.25) is 0 Å². The van der Waals surface area contributed by atoms with Crippen LogP contribution in [0.2, 0.25) is 0 Å². The SMILES string of the molecule is CCOc1ccc(C(C)NC(=NC)NCCc2ncc(CC)s2)cc1OCC.I. The number of benzene rings is 1. The molecule has 2 rings (SSSR count). The molecule has 1 unspecified atom stereocenters. The third-order valence-corrected chi connectivity index (χ3v) is 5.43. The molecule has 0 radical (unpaired) electrons. The zero-order valence-electron chi connectivity index (χ0n) is 17.9. The monoisotopic (exact) mass is 532 g/mol. The van der Waals surface area contributed by atoms with Gasteiger partial charge in [-0.3, -0.25) is 4.99 Å². The third-order valence-electron chi connectivity index (χ3n) is 4.23. The number of hydrogen-bond acceptors (Lipinski definition) is 5. The Labute approximate surface area is 195 Å². The Bertz CT molecular complexity index is 767. The number of thiazole rings is 1. The van der Waals surface area contributed by atoms with E-state index in [1.165, 1.54) is 4.88 Å². The maximum absolute atomic E-state index is 5.73. The fourth-order valence-electron chi connectivity index (χ4n) is 2.73. The van der Waals surface area contributed by atoms with Gasteiger partial charge in [0.15, 0.2) is 17.5 Å². The number of hydrogen-bond donors (Lipinski definition) is 2. The Balaban J connectivity index is 0.00000420. The number of guanidine groups is 1. The van der Waals surface area contributed by atoms with Crippen molar-refractivity contribution in [2.75, 3.05) is 26.8 Å². The molecule has 2 aromatic rings. The molecular formula is C21H33IN4O2S. The summed E-state index contributed by atoms with van der Waals surface area (Å²) in [6, 6.07) is 6.13. The Morgan fingerprint density at radius 2 is 1.90 bits per heavy atom. The highest BCUT2D eigenvalue weighted by atomic mass is 127. The summed E-state index contributed by atoms with van der Waals surface area (Å²) in [5, 5.41) is 7.95. The number of aromatic nitrogens is 1. The van der Waals surface area contributed by atoms with Crippen LogP contribution < -0.4 is 20.1 Å². The molecule has 0 bridgehead atoms. The van der Waals surface area contributed by atoms with Crippen LogP contribution in [0.5, 0.6) is 11.5 Å². The molecule has 0 aliphatic carbocycles. The normalized spacial score (nSPS) is 12.1. The summed E-state index contributed by atoms with van der Waals surface area (Å²) in [6.45, 7) is 10.2. The van der Waals surface area contributed by atoms with Crippen molar-refractivity contribution in [3.63, 3.8) is 0 Å². The summed E-state index contributed by atoms with van der Waals surface area (Å²) in [7, 11) is 1.78. The zero-order chi connectivity index (χ0) is 20.4. The van der Waals surface area contributed by atoms with E-state index in [4.69, 9.17) is 9.47 Å². The van der Waals surface area contributed by atoms with E-state index in [-0.39, 0.29) is 30.0 Å².